The molecular formula is C29H35N3O6. The van der Waals surface area contributed by atoms with Crippen molar-refractivity contribution < 1.29 is 28.6 Å². The van der Waals surface area contributed by atoms with Crippen LogP contribution in [0.25, 0.3) is 11.1 Å². The summed E-state index contributed by atoms with van der Waals surface area (Å²) in [4.78, 5) is 31.2. The fourth-order valence-corrected chi connectivity index (χ4v) is 5.55. The number of nitrogens with one attached hydrogen (secondary N) is 1. The van der Waals surface area contributed by atoms with Crippen molar-refractivity contribution in [3.05, 3.63) is 53.6 Å². The van der Waals surface area contributed by atoms with Crippen molar-refractivity contribution in [2.75, 3.05) is 19.0 Å². The minimum absolute atomic E-state index is 0.0664. The molecule has 1 saturated carbocycles. The topological polar surface area (TPSA) is 114 Å². The molecular weight excluding hydrogens is 486 g/mol. The summed E-state index contributed by atoms with van der Waals surface area (Å²) in [6.07, 6.45) is 3.80. The smallest absolute Gasteiger partial charge is 0.306 e. The number of aryl methyl sites for hydroxylation is 1. The van der Waals surface area contributed by atoms with Crippen LogP contribution < -0.4 is 5.32 Å². The second-order valence-electron chi connectivity index (χ2n) is 10.3. The molecule has 2 heterocycles. The first-order chi connectivity index (χ1) is 18.4. The van der Waals surface area contributed by atoms with Crippen LogP contribution in [0.15, 0.2) is 46.9 Å². The van der Waals surface area contributed by atoms with Gasteiger partial charge in [0.2, 0.25) is 6.41 Å². The zero-order chi connectivity index (χ0) is 26.6. The van der Waals surface area contributed by atoms with E-state index in [4.69, 9.17) is 13.9 Å². The van der Waals surface area contributed by atoms with Gasteiger partial charge in [0, 0.05) is 25.8 Å². The van der Waals surface area contributed by atoms with Gasteiger partial charge in [0.05, 0.1) is 18.1 Å². The maximum Gasteiger partial charge on any atom is 0.306 e. The average Bonchev–Trinajstić information content (AvgIpc) is 3.56. The molecule has 0 amide bonds. The van der Waals surface area contributed by atoms with Crippen LogP contribution in [-0.4, -0.2) is 59.0 Å². The Labute approximate surface area is 222 Å². The molecule has 1 aliphatic carbocycles. The van der Waals surface area contributed by atoms with Crippen LogP contribution in [0.1, 0.15) is 49.7 Å². The van der Waals surface area contributed by atoms with Crippen LogP contribution in [0.3, 0.4) is 0 Å². The second kappa shape index (κ2) is 11.6. The largest absolute Gasteiger partial charge is 0.481 e. The van der Waals surface area contributed by atoms with Crippen molar-refractivity contribution in [2.45, 2.75) is 70.4 Å². The summed E-state index contributed by atoms with van der Waals surface area (Å²) in [6, 6.07) is 13.7. The number of carboxylic acid groups (broad SMARTS) is 1. The molecule has 0 radical (unpaired) electrons. The highest BCUT2D eigenvalue weighted by Crippen LogP contribution is 2.31. The number of para-hydroxylation sites is 1. The van der Waals surface area contributed by atoms with E-state index >= 15 is 0 Å². The zero-order valence-electron chi connectivity index (χ0n) is 21.9. The van der Waals surface area contributed by atoms with Crippen molar-refractivity contribution in [3.8, 4) is 0 Å². The Kier molecular flexibility index (Phi) is 8.06. The summed E-state index contributed by atoms with van der Waals surface area (Å²) in [5.41, 5.74) is 4.25. The number of hydrogen-bond acceptors (Lipinski definition) is 8. The van der Waals surface area contributed by atoms with Gasteiger partial charge >= 0.3 is 5.97 Å². The number of likely N-dealkylation sites (tertiary alicyclic amines) is 1. The number of fused-ring (bicyclic) bond motifs is 1. The van der Waals surface area contributed by atoms with Crippen LogP contribution in [0.4, 0.5) is 11.7 Å². The summed E-state index contributed by atoms with van der Waals surface area (Å²) in [7, 11) is 1.59. The third-order valence-corrected chi connectivity index (χ3v) is 7.69. The van der Waals surface area contributed by atoms with Crippen LogP contribution in [0.5, 0.6) is 0 Å². The number of methoxy groups -OCH3 is 1. The molecule has 1 saturated heterocycles. The summed E-state index contributed by atoms with van der Waals surface area (Å²) in [5, 5.41) is 12.5. The number of ether oxygens (including phenoxy) is 2. The molecule has 1 aliphatic heterocycles. The number of anilines is 2. The minimum Gasteiger partial charge on any atom is -0.481 e. The van der Waals surface area contributed by atoms with Gasteiger partial charge in [-0.05, 0) is 74.8 Å². The molecule has 3 aromatic rings. The second-order valence-corrected chi connectivity index (χ2v) is 10.3. The molecule has 1 aromatic heterocycles. The van der Waals surface area contributed by atoms with E-state index in [1.165, 1.54) is 0 Å². The Morgan fingerprint density at radius 2 is 1.95 bits per heavy atom. The van der Waals surface area contributed by atoms with Crippen LogP contribution in [-0.2, 0) is 25.5 Å². The molecule has 0 bridgehead atoms. The summed E-state index contributed by atoms with van der Waals surface area (Å²) in [5.74, 6) is -0.924. The molecule has 0 spiro atoms. The van der Waals surface area contributed by atoms with Gasteiger partial charge in [0.25, 0.3) is 6.01 Å². The predicted molar refractivity (Wildman–Crippen MR) is 142 cm³/mol. The van der Waals surface area contributed by atoms with Crippen molar-refractivity contribution >= 4 is 34.6 Å². The average molecular weight is 522 g/mol. The number of nitrogens with zero attached hydrogens (tertiary/aromatic N) is 2. The van der Waals surface area contributed by atoms with Crippen LogP contribution in [0, 0.1) is 12.8 Å². The van der Waals surface area contributed by atoms with Gasteiger partial charge in [-0.2, -0.15) is 4.98 Å². The standard InChI is InChI=1S/C29H35N3O6/c1-18-6-3-4-7-22(18)30-28-31-23-14-9-19(17-26(23)38-28)16-25(33)24-8-5-15-32(24)29(36-2)37-21-12-10-20(11-13-21)27(34)35/h3-4,6-7,9,14,17,20-21,24,29H,5,8,10-13,15-16H2,1-2H3,(H,30,31)(H,34,35)/t20?,21?,24-,29-/m0/s1. The fraction of sp³-hybridized carbons (Fsp3) is 0.483. The lowest BCUT2D eigenvalue weighted by Gasteiger charge is -2.35. The van der Waals surface area contributed by atoms with E-state index in [1.807, 2.05) is 54.3 Å². The molecule has 9 nitrogen and oxygen atoms in total. The molecule has 0 unspecified atom stereocenters. The Morgan fingerprint density at radius 1 is 1.16 bits per heavy atom. The predicted octanol–water partition coefficient (Wildman–Crippen LogP) is 5.05. The van der Waals surface area contributed by atoms with Crippen molar-refractivity contribution in [2.24, 2.45) is 5.92 Å². The number of aromatic nitrogens is 1. The number of oxazole rings is 1. The Morgan fingerprint density at radius 3 is 2.68 bits per heavy atom. The summed E-state index contributed by atoms with van der Waals surface area (Å²) in [6.45, 7) is 2.73. The molecule has 9 heteroatoms. The third-order valence-electron chi connectivity index (χ3n) is 7.69. The van der Waals surface area contributed by atoms with Gasteiger partial charge < -0.3 is 24.3 Å². The van der Waals surface area contributed by atoms with Crippen molar-refractivity contribution in [1.29, 1.82) is 0 Å². The number of carboxylic acids is 1. The monoisotopic (exact) mass is 521 g/mol. The third kappa shape index (κ3) is 5.90. The van der Waals surface area contributed by atoms with Gasteiger partial charge in [0.1, 0.15) is 5.52 Å². The van der Waals surface area contributed by atoms with E-state index in [0.29, 0.717) is 43.8 Å². The quantitative estimate of drug-likeness (QED) is 0.354. The van der Waals surface area contributed by atoms with Gasteiger partial charge in [-0.15, -0.1) is 0 Å². The number of aliphatic carboxylic acids is 1. The number of ketones is 1. The van der Waals surface area contributed by atoms with Gasteiger partial charge in [-0.25, -0.2) is 4.90 Å². The van der Waals surface area contributed by atoms with E-state index in [2.05, 4.69) is 10.3 Å². The van der Waals surface area contributed by atoms with E-state index in [1.54, 1.807) is 7.11 Å². The number of carbonyl (C=O) groups is 2. The first-order valence-corrected chi connectivity index (χ1v) is 13.3. The Hall–Kier alpha value is -3.27. The molecule has 2 N–H and O–H groups in total. The molecule has 2 fully saturated rings. The number of benzene rings is 2. The zero-order valence-corrected chi connectivity index (χ0v) is 21.9. The molecule has 38 heavy (non-hydrogen) atoms. The highest BCUT2D eigenvalue weighted by atomic mass is 16.7. The van der Waals surface area contributed by atoms with Gasteiger partial charge in [-0.1, -0.05) is 24.3 Å². The summed E-state index contributed by atoms with van der Waals surface area (Å²) < 4.78 is 17.8. The van der Waals surface area contributed by atoms with E-state index < -0.39 is 12.4 Å². The Bertz CT molecular complexity index is 1280. The molecule has 2 aromatic carbocycles. The van der Waals surface area contributed by atoms with E-state index in [-0.39, 0.29) is 30.3 Å². The number of hydrogen-bond donors (Lipinski definition) is 2. The number of rotatable bonds is 10. The van der Waals surface area contributed by atoms with E-state index in [0.717, 1.165) is 35.2 Å². The first kappa shape index (κ1) is 26.3. The normalized spacial score (nSPS) is 22.9. The molecule has 2 atom stereocenters. The lowest BCUT2D eigenvalue weighted by atomic mass is 9.87. The number of carbonyl (C=O) groups excluding carboxylic acids is 1. The highest BCUT2D eigenvalue weighted by Gasteiger charge is 2.38. The van der Waals surface area contributed by atoms with Crippen molar-refractivity contribution in [3.63, 3.8) is 0 Å². The maximum absolute atomic E-state index is 13.4. The first-order valence-electron chi connectivity index (χ1n) is 13.3. The van der Waals surface area contributed by atoms with Gasteiger partial charge in [0.15, 0.2) is 11.4 Å². The lowest BCUT2D eigenvalue weighted by Crippen LogP contribution is -2.47. The number of Topliss-reactive ketones (excluding diaryl/α,β-unsaturated/α-hetero) is 1. The van der Waals surface area contributed by atoms with Crippen molar-refractivity contribution in [1.82, 2.24) is 9.88 Å². The maximum atomic E-state index is 13.4. The van der Waals surface area contributed by atoms with Gasteiger partial charge in [-0.3, -0.25) is 9.59 Å². The van der Waals surface area contributed by atoms with Crippen LogP contribution in [0.2, 0.25) is 0 Å². The van der Waals surface area contributed by atoms with Crippen LogP contribution >= 0.6 is 0 Å². The minimum atomic E-state index is -0.737. The Balaban J connectivity index is 1.22. The highest BCUT2D eigenvalue weighted by molar-refractivity contribution is 5.87. The SMILES string of the molecule is CO[C@@H](OC1CCC(C(=O)O)CC1)N1CCC[C@H]1C(=O)Cc1ccc2nc(Nc3ccccc3C)oc2c1. The fourth-order valence-electron chi connectivity index (χ4n) is 5.55. The lowest BCUT2D eigenvalue weighted by molar-refractivity contribution is -0.240. The molecule has 2 aliphatic rings. The van der Waals surface area contributed by atoms with E-state index in [9.17, 15) is 14.7 Å². The summed E-state index contributed by atoms with van der Waals surface area (Å²) >= 11 is 0. The molecule has 5 rings (SSSR count). The molecule has 202 valence electrons.